The van der Waals surface area contributed by atoms with Crippen LogP contribution in [0.2, 0.25) is 0 Å². The van der Waals surface area contributed by atoms with Gasteiger partial charge in [0, 0.05) is 26.2 Å². The second-order valence-corrected chi connectivity index (χ2v) is 7.19. The van der Waals surface area contributed by atoms with Crippen LogP contribution in [0.3, 0.4) is 0 Å². The summed E-state index contributed by atoms with van der Waals surface area (Å²) >= 11 is 0. The average molecular weight is 395 g/mol. The minimum atomic E-state index is -0.0491. The first-order valence-electron chi connectivity index (χ1n) is 10.2. The molecule has 0 spiro atoms. The Kier molecular flexibility index (Phi) is 7.92. The Hall–Kier alpha value is -3.02. The summed E-state index contributed by atoms with van der Waals surface area (Å²) in [5, 5.41) is 9.59. The molecule has 1 fully saturated rings. The Morgan fingerprint density at radius 1 is 0.966 bits per heavy atom. The normalized spacial score (nSPS) is 13.6. The SMILES string of the molecule is CN=C(NCCc1ccccc1)NCCc1ccc(OCC(=O)NC2CC2)cc1. The fourth-order valence-electron chi connectivity index (χ4n) is 2.91. The fraction of sp³-hybridized carbons (Fsp3) is 0.391. The summed E-state index contributed by atoms with van der Waals surface area (Å²) in [4.78, 5) is 15.9. The van der Waals surface area contributed by atoms with E-state index in [0.717, 1.165) is 44.7 Å². The van der Waals surface area contributed by atoms with Gasteiger partial charge in [0.05, 0.1) is 0 Å². The highest BCUT2D eigenvalue weighted by molar-refractivity contribution is 5.79. The quantitative estimate of drug-likeness (QED) is 0.427. The molecule has 0 bridgehead atoms. The van der Waals surface area contributed by atoms with Gasteiger partial charge >= 0.3 is 0 Å². The van der Waals surface area contributed by atoms with Gasteiger partial charge < -0.3 is 20.7 Å². The van der Waals surface area contributed by atoms with E-state index in [1.165, 1.54) is 11.1 Å². The predicted molar refractivity (Wildman–Crippen MR) is 116 cm³/mol. The first kappa shape index (κ1) is 20.7. The standard InChI is InChI=1S/C23H30N4O2/c1-24-23(25-15-13-18-5-3-2-4-6-18)26-16-14-19-7-11-21(12-8-19)29-17-22(28)27-20-9-10-20/h2-8,11-12,20H,9-10,13-17H2,1H3,(H,27,28)(H2,24,25,26). The van der Waals surface area contributed by atoms with Crippen molar-refractivity contribution in [1.29, 1.82) is 0 Å². The van der Waals surface area contributed by atoms with Crippen molar-refractivity contribution in [3.05, 3.63) is 65.7 Å². The number of benzene rings is 2. The van der Waals surface area contributed by atoms with E-state index in [9.17, 15) is 4.79 Å². The van der Waals surface area contributed by atoms with Gasteiger partial charge in [-0.15, -0.1) is 0 Å². The summed E-state index contributed by atoms with van der Waals surface area (Å²) in [5.74, 6) is 1.47. The molecule has 0 aromatic heterocycles. The minimum Gasteiger partial charge on any atom is -0.484 e. The number of rotatable bonds is 10. The third kappa shape index (κ3) is 7.86. The van der Waals surface area contributed by atoms with Crippen molar-refractivity contribution >= 4 is 11.9 Å². The highest BCUT2D eigenvalue weighted by Crippen LogP contribution is 2.18. The summed E-state index contributed by atoms with van der Waals surface area (Å²) in [6.07, 6.45) is 4.01. The molecule has 1 saturated carbocycles. The predicted octanol–water partition coefficient (Wildman–Crippen LogP) is 2.29. The van der Waals surface area contributed by atoms with Gasteiger partial charge in [0.25, 0.3) is 5.91 Å². The fourth-order valence-corrected chi connectivity index (χ4v) is 2.91. The summed E-state index contributed by atoms with van der Waals surface area (Å²) in [7, 11) is 1.78. The number of hydrogen-bond acceptors (Lipinski definition) is 3. The van der Waals surface area contributed by atoms with Crippen LogP contribution in [-0.4, -0.2) is 44.7 Å². The van der Waals surface area contributed by atoms with Crippen molar-refractivity contribution in [3.8, 4) is 5.75 Å². The number of amides is 1. The first-order valence-corrected chi connectivity index (χ1v) is 10.2. The first-order chi connectivity index (χ1) is 14.2. The van der Waals surface area contributed by atoms with Crippen LogP contribution in [-0.2, 0) is 17.6 Å². The molecule has 3 N–H and O–H groups in total. The van der Waals surface area contributed by atoms with Crippen LogP contribution >= 0.6 is 0 Å². The second kappa shape index (κ2) is 11.1. The van der Waals surface area contributed by atoms with E-state index < -0.39 is 0 Å². The van der Waals surface area contributed by atoms with E-state index >= 15 is 0 Å². The zero-order chi connectivity index (χ0) is 20.3. The van der Waals surface area contributed by atoms with Gasteiger partial charge in [-0.05, 0) is 48.9 Å². The molecule has 1 aliphatic carbocycles. The van der Waals surface area contributed by atoms with Gasteiger partial charge in [0.2, 0.25) is 0 Å². The van der Waals surface area contributed by atoms with E-state index in [0.29, 0.717) is 11.8 Å². The van der Waals surface area contributed by atoms with E-state index in [1.807, 2.05) is 30.3 Å². The van der Waals surface area contributed by atoms with Gasteiger partial charge in [0.1, 0.15) is 5.75 Å². The summed E-state index contributed by atoms with van der Waals surface area (Å²) in [5.41, 5.74) is 2.51. The Morgan fingerprint density at radius 3 is 2.17 bits per heavy atom. The highest BCUT2D eigenvalue weighted by Gasteiger charge is 2.23. The molecule has 2 aromatic carbocycles. The van der Waals surface area contributed by atoms with Crippen molar-refractivity contribution < 1.29 is 9.53 Å². The Bertz CT molecular complexity index is 786. The molecule has 0 radical (unpaired) electrons. The maximum absolute atomic E-state index is 11.7. The molecule has 1 aliphatic rings. The number of nitrogens with one attached hydrogen (secondary N) is 3. The lowest BCUT2D eigenvalue weighted by atomic mass is 10.1. The van der Waals surface area contributed by atoms with Crippen molar-refractivity contribution in [3.63, 3.8) is 0 Å². The highest BCUT2D eigenvalue weighted by atomic mass is 16.5. The maximum Gasteiger partial charge on any atom is 0.258 e. The van der Waals surface area contributed by atoms with Crippen LogP contribution < -0.4 is 20.7 Å². The third-order valence-electron chi connectivity index (χ3n) is 4.71. The van der Waals surface area contributed by atoms with Crippen molar-refractivity contribution in [1.82, 2.24) is 16.0 Å². The van der Waals surface area contributed by atoms with Crippen molar-refractivity contribution in [2.45, 2.75) is 31.7 Å². The van der Waals surface area contributed by atoms with E-state index in [1.54, 1.807) is 7.05 Å². The van der Waals surface area contributed by atoms with Crippen molar-refractivity contribution in [2.75, 3.05) is 26.7 Å². The van der Waals surface area contributed by atoms with E-state index in [-0.39, 0.29) is 12.5 Å². The monoisotopic (exact) mass is 394 g/mol. The van der Waals surface area contributed by atoms with Crippen LogP contribution in [0.25, 0.3) is 0 Å². The number of hydrogen-bond donors (Lipinski definition) is 3. The maximum atomic E-state index is 11.7. The lowest BCUT2D eigenvalue weighted by Gasteiger charge is -2.12. The number of guanidine groups is 1. The number of ether oxygens (including phenoxy) is 1. The molecule has 6 nitrogen and oxygen atoms in total. The molecular weight excluding hydrogens is 364 g/mol. The number of nitrogens with zero attached hydrogens (tertiary/aromatic N) is 1. The lowest BCUT2D eigenvalue weighted by Crippen LogP contribution is -2.39. The molecule has 2 aromatic rings. The Morgan fingerprint density at radius 2 is 1.59 bits per heavy atom. The van der Waals surface area contributed by atoms with Crippen LogP contribution in [0, 0.1) is 0 Å². The molecule has 0 aliphatic heterocycles. The molecular formula is C23H30N4O2. The van der Waals surface area contributed by atoms with E-state index in [4.69, 9.17) is 4.74 Å². The molecule has 3 rings (SSSR count). The molecule has 1 amide bonds. The van der Waals surface area contributed by atoms with Crippen LogP contribution in [0.5, 0.6) is 5.75 Å². The molecule has 6 heteroatoms. The topological polar surface area (TPSA) is 74.8 Å². The molecule has 0 heterocycles. The smallest absolute Gasteiger partial charge is 0.258 e. The zero-order valence-electron chi connectivity index (χ0n) is 17.0. The number of carbonyl (C=O) groups is 1. The number of carbonyl (C=O) groups excluding carboxylic acids is 1. The summed E-state index contributed by atoms with van der Waals surface area (Å²) < 4.78 is 5.54. The molecule has 0 atom stereocenters. The van der Waals surface area contributed by atoms with Gasteiger partial charge in [-0.2, -0.15) is 0 Å². The van der Waals surface area contributed by atoms with Crippen LogP contribution in [0.4, 0.5) is 0 Å². The largest absolute Gasteiger partial charge is 0.484 e. The van der Waals surface area contributed by atoms with Gasteiger partial charge in [-0.25, -0.2) is 0 Å². The molecule has 0 saturated heterocycles. The average Bonchev–Trinajstić information content (AvgIpc) is 3.57. The van der Waals surface area contributed by atoms with Crippen molar-refractivity contribution in [2.24, 2.45) is 4.99 Å². The molecule has 154 valence electrons. The summed E-state index contributed by atoms with van der Waals surface area (Å²) in [6.45, 7) is 1.70. The third-order valence-corrected chi connectivity index (χ3v) is 4.71. The minimum absolute atomic E-state index is 0.0491. The van der Waals surface area contributed by atoms with Crippen LogP contribution in [0.1, 0.15) is 24.0 Å². The van der Waals surface area contributed by atoms with Gasteiger partial charge in [-0.3, -0.25) is 9.79 Å². The molecule has 0 unspecified atom stereocenters. The van der Waals surface area contributed by atoms with E-state index in [2.05, 4.69) is 45.2 Å². The lowest BCUT2D eigenvalue weighted by molar-refractivity contribution is -0.123. The zero-order valence-corrected chi connectivity index (χ0v) is 17.0. The Labute approximate surface area is 172 Å². The molecule has 29 heavy (non-hydrogen) atoms. The van der Waals surface area contributed by atoms with Gasteiger partial charge in [-0.1, -0.05) is 42.5 Å². The summed E-state index contributed by atoms with van der Waals surface area (Å²) in [6, 6.07) is 18.6. The Balaban J connectivity index is 1.31. The van der Waals surface area contributed by atoms with Gasteiger partial charge in [0.15, 0.2) is 12.6 Å². The second-order valence-electron chi connectivity index (χ2n) is 7.19. The van der Waals surface area contributed by atoms with Crippen LogP contribution in [0.15, 0.2) is 59.6 Å². The number of aliphatic imine (C=N–C) groups is 1.